The number of amidine groups is 1. The molecule has 1 aromatic rings. The molecule has 1 aromatic heterocycles. The van der Waals surface area contributed by atoms with Crippen molar-refractivity contribution < 1.29 is 18.9 Å². The van der Waals surface area contributed by atoms with E-state index in [9.17, 15) is 0 Å². The van der Waals surface area contributed by atoms with Gasteiger partial charge in [-0.1, -0.05) is 0 Å². The van der Waals surface area contributed by atoms with Crippen LogP contribution < -0.4 is 10.5 Å². The Morgan fingerprint density at radius 1 is 1.15 bits per heavy atom. The number of hydrogen-bond acceptors (Lipinski definition) is 6. The highest BCUT2D eigenvalue weighted by atomic mass is 16.6. The van der Waals surface area contributed by atoms with Crippen LogP contribution in [0, 0.1) is 5.41 Å². The molecule has 0 aliphatic rings. The lowest BCUT2D eigenvalue weighted by Gasteiger charge is -2.08. The lowest BCUT2D eigenvalue weighted by Crippen LogP contribution is -2.14. The van der Waals surface area contributed by atoms with E-state index >= 15 is 0 Å². The van der Waals surface area contributed by atoms with Gasteiger partial charge in [-0.05, 0) is 6.07 Å². The SMILES string of the molecule is COCCOCCOCCOc1ccnc(C(=N)N)c1. The normalized spacial score (nSPS) is 10.4. The van der Waals surface area contributed by atoms with Gasteiger partial charge >= 0.3 is 0 Å². The molecule has 112 valence electrons. The zero-order valence-corrected chi connectivity index (χ0v) is 11.6. The van der Waals surface area contributed by atoms with Crippen LogP contribution in [0.4, 0.5) is 0 Å². The van der Waals surface area contributed by atoms with Crippen LogP contribution in [-0.4, -0.2) is 57.6 Å². The highest BCUT2D eigenvalue weighted by molar-refractivity contribution is 5.93. The molecule has 3 N–H and O–H groups in total. The van der Waals surface area contributed by atoms with E-state index in [0.29, 0.717) is 51.1 Å². The van der Waals surface area contributed by atoms with Crippen molar-refractivity contribution >= 4 is 5.84 Å². The molecule has 0 aliphatic heterocycles. The summed E-state index contributed by atoms with van der Waals surface area (Å²) in [4.78, 5) is 3.94. The Balaban J connectivity index is 2.06. The van der Waals surface area contributed by atoms with Crippen molar-refractivity contribution in [2.24, 2.45) is 5.73 Å². The lowest BCUT2D eigenvalue weighted by atomic mass is 10.3. The maximum atomic E-state index is 7.28. The first-order valence-corrected chi connectivity index (χ1v) is 6.31. The third-order valence-corrected chi connectivity index (χ3v) is 2.31. The molecule has 20 heavy (non-hydrogen) atoms. The summed E-state index contributed by atoms with van der Waals surface area (Å²) in [5, 5.41) is 7.28. The van der Waals surface area contributed by atoms with E-state index in [1.807, 2.05) is 0 Å². The van der Waals surface area contributed by atoms with E-state index in [1.54, 1.807) is 25.4 Å². The van der Waals surface area contributed by atoms with E-state index < -0.39 is 0 Å². The van der Waals surface area contributed by atoms with Crippen molar-refractivity contribution in [1.82, 2.24) is 4.98 Å². The van der Waals surface area contributed by atoms with Gasteiger partial charge in [-0.3, -0.25) is 10.4 Å². The van der Waals surface area contributed by atoms with E-state index in [0.717, 1.165) is 0 Å². The molecule has 7 heteroatoms. The Hall–Kier alpha value is -1.70. The third-order valence-electron chi connectivity index (χ3n) is 2.31. The molecule has 0 spiro atoms. The van der Waals surface area contributed by atoms with Crippen LogP contribution in [0.3, 0.4) is 0 Å². The van der Waals surface area contributed by atoms with Crippen LogP contribution in [0.5, 0.6) is 5.75 Å². The average Bonchev–Trinajstić information content (AvgIpc) is 2.46. The second kappa shape index (κ2) is 10.1. The predicted molar refractivity (Wildman–Crippen MR) is 74.3 cm³/mol. The zero-order valence-electron chi connectivity index (χ0n) is 11.6. The molecule has 1 rings (SSSR count). The summed E-state index contributed by atoms with van der Waals surface area (Å²) in [6.07, 6.45) is 1.55. The fourth-order valence-corrected chi connectivity index (χ4v) is 1.33. The van der Waals surface area contributed by atoms with Gasteiger partial charge < -0.3 is 24.7 Å². The average molecular weight is 283 g/mol. The van der Waals surface area contributed by atoms with Gasteiger partial charge in [-0.15, -0.1) is 0 Å². The van der Waals surface area contributed by atoms with Gasteiger partial charge in [0, 0.05) is 19.4 Å². The summed E-state index contributed by atoms with van der Waals surface area (Å²) in [6.45, 7) is 3.09. The first-order valence-electron chi connectivity index (χ1n) is 6.31. The van der Waals surface area contributed by atoms with Crippen LogP contribution in [0.15, 0.2) is 18.3 Å². The molecule has 7 nitrogen and oxygen atoms in total. The molecule has 0 radical (unpaired) electrons. The summed E-state index contributed by atoms with van der Waals surface area (Å²) in [5.74, 6) is 0.532. The largest absolute Gasteiger partial charge is 0.491 e. The maximum Gasteiger partial charge on any atom is 0.141 e. The highest BCUT2D eigenvalue weighted by Crippen LogP contribution is 2.10. The number of pyridine rings is 1. The number of nitrogens with two attached hydrogens (primary N) is 1. The molecule has 0 bridgehead atoms. The number of rotatable bonds is 11. The molecule has 0 saturated carbocycles. The second-order valence-corrected chi connectivity index (χ2v) is 3.86. The monoisotopic (exact) mass is 283 g/mol. The molecule has 0 saturated heterocycles. The number of aromatic nitrogens is 1. The van der Waals surface area contributed by atoms with Crippen LogP contribution in [0.25, 0.3) is 0 Å². The highest BCUT2D eigenvalue weighted by Gasteiger charge is 2.00. The number of nitrogens with one attached hydrogen (secondary N) is 1. The second-order valence-electron chi connectivity index (χ2n) is 3.86. The van der Waals surface area contributed by atoms with Gasteiger partial charge in [-0.2, -0.15) is 0 Å². The van der Waals surface area contributed by atoms with Crippen LogP contribution >= 0.6 is 0 Å². The van der Waals surface area contributed by atoms with Gasteiger partial charge in [-0.25, -0.2) is 0 Å². The van der Waals surface area contributed by atoms with Gasteiger partial charge in [0.2, 0.25) is 0 Å². The maximum absolute atomic E-state index is 7.28. The molecule has 1 heterocycles. The van der Waals surface area contributed by atoms with Crippen molar-refractivity contribution in [3.63, 3.8) is 0 Å². The standard InChI is InChI=1S/C13H21N3O4/c1-17-4-5-18-6-7-19-8-9-20-11-2-3-16-12(10-11)13(14)15/h2-3,10H,4-9H2,1H3,(H3,14,15). The topological polar surface area (TPSA) is 99.7 Å². The van der Waals surface area contributed by atoms with E-state index in [4.69, 9.17) is 30.1 Å². The number of methoxy groups -OCH3 is 1. The minimum absolute atomic E-state index is 0.0834. The minimum Gasteiger partial charge on any atom is -0.491 e. The Morgan fingerprint density at radius 3 is 2.45 bits per heavy atom. The molecule has 0 aliphatic carbocycles. The smallest absolute Gasteiger partial charge is 0.141 e. The molecular weight excluding hydrogens is 262 g/mol. The molecule has 0 fully saturated rings. The minimum atomic E-state index is -0.0834. The molecular formula is C13H21N3O4. The summed E-state index contributed by atoms with van der Waals surface area (Å²) in [6, 6.07) is 3.33. The van der Waals surface area contributed by atoms with Gasteiger partial charge in [0.15, 0.2) is 0 Å². The summed E-state index contributed by atoms with van der Waals surface area (Å²) in [7, 11) is 1.63. The predicted octanol–water partition coefficient (Wildman–Crippen LogP) is 0.424. The van der Waals surface area contributed by atoms with Gasteiger partial charge in [0.1, 0.15) is 23.9 Å². The van der Waals surface area contributed by atoms with Crippen molar-refractivity contribution in [3.8, 4) is 5.75 Å². The number of ether oxygens (including phenoxy) is 4. The van der Waals surface area contributed by atoms with Gasteiger partial charge in [0.25, 0.3) is 0 Å². The fraction of sp³-hybridized carbons (Fsp3) is 0.538. The van der Waals surface area contributed by atoms with Crippen LogP contribution in [0.2, 0.25) is 0 Å². The fourth-order valence-electron chi connectivity index (χ4n) is 1.33. The quantitative estimate of drug-likeness (QED) is 0.347. The van der Waals surface area contributed by atoms with Crippen LogP contribution in [0.1, 0.15) is 5.69 Å². The number of nitrogen functional groups attached to an aromatic ring is 1. The first-order chi connectivity index (χ1) is 9.74. The summed E-state index contributed by atoms with van der Waals surface area (Å²) >= 11 is 0. The summed E-state index contributed by atoms with van der Waals surface area (Å²) in [5.41, 5.74) is 5.74. The van der Waals surface area contributed by atoms with Gasteiger partial charge in [0.05, 0.1) is 33.0 Å². The van der Waals surface area contributed by atoms with E-state index in [1.165, 1.54) is 0 Å². The summed E-state index contributed by atoms with van der Waals surface area (Å²) < 4.78 is 20.9. The Bertz CT molecular complexity index is 401. The van der Waals surface area contributed by atoms with Crippen molar-refractivity contribution in [2.45, 2.75) is 0 Å². The van der Waals surface area contributed by atoms with E-state index in [-0.39, 0.29) is 5.84 Å². The molecule has 0 unspecified atom stereocenters. The Kier molecular flexibility index (Phi) is 8.28. The molecule has 0 aromatic carbocycles. The number of nitrogens with zero attached hydrogens (tertiary/aromatic N) is 1. The molecule has 0 amide bonds. The van der Waals surface area contributed by atoms with E-state index in [2.05, 4.69) is 4.98 Å². The van der Waals surface area contributed by atoms with Crippen molar-refractivity contribution in [1.29, 1.82) is 5.41 Å². The van der Waals surface area contributed by atoms with Crippen molar-refractivity contribution in [2.75, 3.05) is 46.8 Å². The Labute approximate surface area is 118 Å². The molecule has 0 atom stereocenters. The van der Waals surface area contributed by atoms with Crippen LogP contribution in [-0.2, 0) is 14.2 Å². The first kappa shape index (κ1) is 16.4. The Morgan fingerprint density at radius 2 is 1.80 bits per heavy atom. The zero-order chi connectivity index (χ0) is 14.6. The third kappa shape index (κ3) is 7.03. The lowest BCUT2D eigenvalue weighted by molar-refractivity contribution is 0.0179. The van der Waals surface area contributed by atoms with Crippen molar-refractivity contribution in [3.05, 3.63) is 24.0 Å². The number of hydrogen-bond donors (Lipinski definition) is 2.